The topological polar surface area (TPSA) is 52.6 Å². The Hall–Kier alpha value is 0.300. The van der Waals surface area contributed by atoms with Gasteiger partial charge in [-0.15, -0.1) is 0 Å². The van der Waals surface area contributed by atoms with Gasteiger partial charge < -0.3 is 0 Å². The van der Waals surface area contributed by atoms with Gasteiger partial charge in [-0.3, -0.25) is 0 Å². The van der Waals surface area contributed by atoms with Crippen LogP contribution in [0.25, 0.3) is 0 Å². The van der Waals surface area contributed by atoms with Crippen LogP contribution in [0.15, 0.2) is 0 Å². The minimum atomic E-state index is -3.88. The van der Waals surface area contributed by atoms with Crippen LogP contribution >= 0.6 is 6.83 Å². The molecule has 0 unspecified atom stereocenters. The Morgan fingerprint density at radius 3 is 1.75 bits per heavy atom. The molecule has 0 saturated heterocycles. The summed E-state index contributed by atoms with van der Waals surface area (Å²) in [5, 5.41) is 0. The van der Waals surface area contributed by atoms with Crippen LogP contribution in [0.5, 0.6) is 0 Å². The molecule has 0 radical (unpaired) electrons. The molecule has 0 aromatic rings. The zero-order valence-corrected chi connectivity index (χ0v) is 15.6. The molecule has 0 saturated carbocycles. The number of unbranched alkanes of at least 4 members (excludes halogenated alkanes) is 2. The summed E-state index contributed by atoms with van der Waals surface area (Å²) in [7, 11) is -3.88. The third kappa shape index (κ3) is 5.59. The van der Waals surface area contributed by atoms with E-state index in [1.54, 1.807) is 0 Å². The Labute approximate surface area is 126 Å². The number of rotatable bonds is 12. The molecule has 0 aliphatic carbocycles. The van der Waals surface area contributed by atoms with Gasteiger partial charge in [-0.05, 0) is 0 Å². The molecule has 0 aromatic heterocycles. The van der Waals surface area contributed by atoms with Gasteiger partial charge in [0.25, 0.3) is 0 Å². The summed E-state index contributed by atoms with van der Waals surface area (Å²) in [5.74, 6) is 0. The SMILES string of the molecule is CCCCOS(=O)(=O)OP(CC)(CC)(CC)CCCC. The zero-order valence-electron chi connectivity index (χ0n) is 13.9. The third-order valence-corrected chi connectivity index (χ3v) is 13.6. The quantitative estimate of drug-likeness (QED) is 0.394. The van der Waals surface area contributed by atoms with Gasteiger partial charge in [0.1, 0.15) is 0 Å². The number of hydrogen-bond acceptors (Lipinski definition) is 4. The first-order chi connectivity index (χ1) is 9.32. The van der Waals surface area contributed by atoms with Crippen molar-refractivity contribution in [3.63, 3.8) is 0 Å². The van der Waals surface area contributed by atoms with E-state index in [0.717, 1.165) is 50.3 Å². The fourth-order valence-corrected chi connectivity index (χ4v) is 10.0. The van der Waals surface area contributed by atoms with Gasteiger partial charge in [0.2, 0.25) is 0 Å². The Kier molecular flexibility index (Phi) is 8.80. The Morgan fingerprint density at radius 1 is 0.850 bits per heavy atom. The van der Waals surface area contributed by atoms with Crippen molar-refractivity contribution < 1.29 is 16.6 Å². The van der Waals surface area contributed by atoms with Crippen LogP contribution in [0.1, 0.15) is 60.3 Å². The van der Waals surface area contributed by atoms with Crippen molar-refractivity contribution in [3.05, 3.63) is 0 Å². The van der Waals surface area contributed by atoms with E-state index in [4.69, 9.17) is 8.15 Å². The van der Waals surface area contributed by atoms with E-state index in [-0.39, 0.29) is 6.61 Å². The second-order valence-corrected chi connectivity index (χ2v) is 13.3. The van der Waals surface area contributed by atoms with Crippen LogP contribution < -0.4 is 0 Å². The molecule has 0 N–H and O–H groups in total. The molecule has 0 fully saturated rings. The summed E-state index contributed by atoms with van der Waals surface area (Å²) in [5.41, 5.74) is 0. The summed E-state index contributed by atoms with van der Waals surface area (Å²) in [6.07, 6.45) is 6.98. The van der Waals surface area contributed by atoms with E-state index in [2.05, 4.69) is 27.7 Å². The molecule has 0 aromatic carbocycles. The maximum absolute atomic E-state index is 12.2. The predicted molar refractivity (Wildman–Crippen MR) is 89.2 cm³/mol. The molecule has 6 heteroatoms. The average Bonchev–Trinajstić information content (AvgIpc) is 2.44. The van der Waals surface area contributed by atoms with Crippen molar-refractivity contribution in [1.82, 2.24) is 0 Å². The Bertz CT molecular complexity index is 352. The first-order valence-electron chi connectivity index (χ1n) is 7.94. The molecule has 0 amide bonds. The van der Waals surface area contributed by atoms with Gasteiger partial charge in [0, 0.05) is 0 Å². The summed E-state index contributed by atoms with van der Waals surface area (Å²) >= 11 is 0. The van der Waals surface area contributed by atoms with Gasteiger partial charge >= 0.3 is 125 Å². The van der Waals surface area contributed by atoms with Gasteiger partial charge in [-0.25, -0.2) is 0 Å². The van der Waals surface area contributed by atoms with Crippen LogP contribution in [-0.2, 0) is 18.6 Å². The third-order valence-electron chi connectivity index (χ3n) is 4.50. The van der Waals surface area contributed by atoms with Crippen molar-refractivity contribution in [2.75, 3.05) is 31.3 Å². The summed E-state index contributed by atoms with van der Waals surface area (Å²) in [4.78, 5) is 0. The van der Waals surface area contributed by atoms with Crippen molar-refractivity contribution >= 4 is 17.2 Å². The monoisotopic (exact) mass is 328 g/mol. The van der Waals surface area contributed by atoms with E-state index in [0.29, 0.717) is 0 Å². The molecule has 0 spiro atoms. The van der Waals surface area contributed by atoms with Crippen molar-refractivity contribution in [3.8, 4) is 0 Å². The average molecular weight is 328 g/mol. The Morgan fingerprint density at radius 2 is 1.35 bits per heavy atom. The van der Waals surface area contributed by atoms with Crippen molar-refractivity contribution in [2.45, 2.75) is 60.3 Å². The fourth-order valence-electron chi connectivity index (χ4n) is 2.48. The standard InChI is InChI=1S/C14H33O4PS/c1-6-11-13-17-20(15,16)18-19(8-3,9-4,10-5)14-12-7-2/h6-14H2,1-5H3. The minimum absolute atomic E-state index is 0.219. The van der Waals surface area contributed by atoms with E-state index in [1.807, 2.05) is 6.92 Å². The molecular weight excluding hydrogens is 295 g/mol. The second-order valence-electron chi connectivity index (χ2n) is 5.54. The zero-order chi connectivity index (χ0) is 15.7. The second kappa shape index (κ2) is 8.67. The number of hydrogen-bond donors (Lipinski definition) is 0. The van der Waals surface area contributed by atoms with E-state index in [1.165, 1.54) is 0 Å². The molecule has 0 atom stereocenters. The van der Waals surface area contributed by atoms with Gasteiger partial charge in [-0.2, -0.15) is 0 Å². The van der Waals surface area contributed by atoms with Crippen LogP contribution in [0.4, 0.5) is 0 Å². The van der Waals surface area contributed by atoms with Crippen LogP contribution in [0.3, 0.4) is 0 Å². The normalized spacial score (nSPS) is 14.9. The van der Waals surface area contributed by atoms with Gasteiger partial charge in [-0.1, -0.05) is 0 Å². The van der Waals surface area contributed by atoms with E-state index in [9.17, 15) is 8.42 Å². The molecule has 124 valence electrons. The van der Waals surface area contributed by atoms with Crippen LogP contribution in [0.2, 0.25) is 0 Å². The summed E-state index contributed by atoms with van der Waals surface area (Å²) in [6.45, 7) is 7.84. The van der Waals surface area contributed by atoms with Gasteiger partial charge in [0.15, 0.2) is 0 Å². The molecule has 0 aliphatic rings. The molecule has 0 aliphatic heterocycles. The summed E-state index contributed by atoms with van der Waals surface area (Å²) < 4.78 is 35.1. The molecule has 0 heterocycles. The van der Waals surface area contributed by atoms with Crippen LogP contribution in [0, 0.1) is 0 Å². The van der Waals surface area contributed by atoms with Crippen molar-refractivity contribution in [2.24, 2.45) is 0 Å². The van der Waals surface area contributed by atoms with E-state index < -0.39 is 17.2 Å². The first-order valence-corrected chi connectivity index (χ1v) is 12.2. The predicted octanol–water partition coefficient (Wildman–Crippen LogP) is 4.39. The maximum atomic E-state index is 12.2. The Balaban J connectivity index is 5.14. The van der Waals surface area contributed by atoms with Crippen molar-refractivity contribution in [1.29, 1.82) is 0 Å². The molecule has 4 nitrogen and oxygen atoms in total. The molecule has 0 bridgehead atoms. The van der Waals surface area contributed by atoms with E-state index >= 15 is 0 Å². The first kappa shape index (κ1) is 20.3. The van der Waals surface area contributed by atoms with Gasteiger partial charge in [0.05, 0.1) is 0 Å². The molecule has 0 rings (SSSR count). The molecule has 20 heavy (non-hydrogen) atoms. The fraction of sp³-hybridized carbons (Fsp3) is 1.00. The summed E-state index contributed by atoms with van der Waals surface area (Å²) in [6, 6.07) is 0. The van der Waals surface area contributed by atoms with Crippen LogP contribution in [-0.4, -0.2) is 39.7 Å². The molecular formula is C14H33O4PS.